The lowest BCUT2D eigenvalue weighted by Gasteiger charge is -2.03. The van der Waals surface area contributed by atoms with Crippen molar-refractivity contribution in [1.82, 2.24) is 4.57 Å². The van der Waals surface area contributed by atoms with Crippen molar-refractivity contribution in [3.8, 4) is 6.07 Å². The molecule has 1 aromatic carbocycles. The average molecular weight is 262 g/mol. The van der Waals surface area contributed by atoms with Crippen LogP contribution in [0.15, 0.2) is 24.4 Å². The molecule has 0 amide bonds. The number of hydrogen-bond donors (Lipinski definition) is 1. The van der Waals surface area contributed by atoms with E-state index in [0.29, 0.717) is 13.0 Å². The fourth-order valence-electron chi connectivity index (χ4n) is 2.21. The van der Waals surface area contributed by atoms with Gasteiger partial charge < -0.3 is 10.3 Å². The molecule has 0 aliphatic carbocycles. The van der Waals surface area contributed by atoms with E-state index in [4.69, 9.17) is 22.6 Å². The SMILES string of the molecule is N#CCCCn1cc(CCN)c2ccc(Cl)cc21. The van der Waals surface area contributed by atoms with Crippen molar-refractivity contribution in [3.05, 3.63) is 35.0 Å². The minimum absolute atomic E-state index is 0.576. The number of rotatable bonds is 5. The van der Waals surface area contributed by atoms with E-state index < -0.39 is 0 Å². The summed E-state index contributed by atoms with van der Waals surface area (Å²) in [6.07, 6.45) is 4.43. The van der Waals surface area contributed by atoms with Crippen molar-refractivity contribution < 1.29 is 0 Å². The fraction of sp³-hybridized carbons (Fsp3) is 0.357. The van der Waals surface area contributed by atoms with Gasteiger partial charge in [0.05, 0.1) is 6.07 Å². The Morgan fingerprint density at radius 3 is 2.94 bits per heavy atom. The molecule has 0 fully saturated rings. The number of nitrogens with two attached hydrogens (primary N) is 1. The Kier molecular flexibility index (Phi) is 4.24. The number of halogens is 1. The van der Waals surface area contributed by atoms with Crippen molar-refractivity contribution in [1.29, 1.82) is 5.26 Å². The lowest BCUT2D eigenvalue weighted by atomic mass is 10.1. The monoisotopic (exact) mass is 261 g/mol. The predicted molar refractivity (Wildman–Crippen MR) is 74.6 cm³/mol. The van der Waals surface area contributed by atoms with Crippen LogP contribution in [-0.2, 0) is 13.0 Å². The zero-order valence-corrected chi connectivity index (χ0v) is 11.0. The molecule has 0 bridgehead atoms. The molecule has 1 heterocycles. The second-order valence-electron chi connectivity index (χ2n) is 4.31. The van der Waals surface area contributed by atoms with Gasteiger partial charge in [0.15, 0.2) is 0 Å². The molecule has 0 radical (unpaired) electrons. The van der Waals surface area contributed by atoms with Crippen LogP contribution in [0.3, 0.4) is 0 Å². The van der Waals surface area contributed by atoms with Gasteiger partial charge >= 0.3 is 0 Å². The maximum atomic E-state index is 8.59. The zero-order chi connectivity index (χ0) is 13.0. The minimum Gasteiger partial charge on any atom is -0.347 e. The number of hydrogen-bond acceptors (Lipinski definition) is 2. The second kappa shape index (κ2) is 5.90. The molecular weight excluding hydrogens is 246 g/mol. The highest BCUT2D eigenvalue weighted by molar-refractivity contribution is 6.31. The molecule has 0 spiro atoms. The number of unbranched alkanes of at least 4 members (excludes halogenated alkanes) is 1. The van der Waals surface area contributed by atoms with Crippen LogP contribution < -0.4 is 5.73 Å². The van der Waals surface area contributed by atoms with Gasteiger partial charge in [0.2, 0.25) is 0 Å². The van der Waals surface area contributed by atoms with E-state index >= 15 is 0 Å². The van der Waals surface area contributed by atoms with E-state index in [1.165, 1.54) is 10.9 Å². The molecule has 2 N–H and O–H groups in total. The largest absolute Gasteiger partial charge is 0.347 e. The molecule has 2 rings (SSSR count). The first-order chi connectivity index (χ1) is 8.76. The molecule has 0 aliphatic heterocycles. The Morgan fingerprint density at radius 1 is 1.39 bits per heavy atom. The van der Waals surface area contributed by atoms with E-state index in [1.807, 2.05) is 18.2 Å². The predicted octanol–water partition coefficient (Wildman–Crippen LogP) is 3.10. The number of nitriles is 1. The second-order valence-corrected chi connectivity index (χ2v) is 4.75. The third kappa shape index (κ3) is 2.66. The molecule has 18 heavy (non-hydrogen) atoms. The lowest BCUT2D eigenvalue weighted by molar-refractivity contribution is 0.672. The van der Waals surface area contributed by atoms with E-state index in [2.05, 4.69) is 16.8 Å². The van der Waals surface area contributed by atoms with Gasteiger partial charge in [0.25, 0.3) is 0 Å². The number of aryl methyl sites for hydroxylation is 1. The lowest BCUT2D eigenvalue weighted by Crippen LogP contribution is -2.02. The highest BCUT2D eigenvalue weighted by Crippen LogP contribution is 2.25. The van der Waals surface area contributed by atoms with E-state index in [0.717, 1.165) is 29.9 Å². The summed E-state index contributed by atoms with van der Waals surface area (Å²) in [5.74, 6) is 0. The average Bonchev–Trinajstić information content (AvgIpc) is 2.68. The molecule has 3 nitrogen and oxygen atoms in total. The van der Waals surface area contributed by atoms with Gasteiger partial charge in [0.1, 0.15) is 0 Å². The number of benzene rings is 1. The van der Waals surface area contributed by atoms with Gasteiger partial charge in [-0.2, -0.15) is 5.26 Å². The maximum Gasteiger partial charge on any atom is 0.0622 e. The summed E-state index contributed by atoms with van der Waals surface area (Å²) in [6.45, 7) is 1.48. The first-order valence-corrected chi connectivity index (χ1v) is 6.48. The first-order valence-electron chi connectivity index (χ1n) is 6.10. The number of nitrogens with zero attached hydrogens (tertiary/aromatic N) is 2. The van der Waals surface area contributed by atoms with Gasteiger partial charge in [-0.25, -0.2) is 0 Å². The summed E-state index contributed by atoms with van der Waals surface area (Å²) < 4.78 is 2.17. The topological polar surface area (TPSA) is 54.7 Å². The van der Waals surface area contributed by atoms with Gasteiger partial charge in [0, 0.05) is 35.1 Å². The molecule has 0 saturated carbocycles. The van der Waals surface area contributed by atoms with Gasteiger partial charge in [-0.05, 0) is 37.1 Å². The standard InChI is InChI=1S/C14H16ClN3/c15-12-3-4-13-11(5-7-17)10-18(14(13)9-12)8-2-1-6-16/h3-4,9-10H,1-2,5,7-8,17H2. The Morgan fingerprint density at radius 2 is 2.22 bits per heavy atom. The first kappa shape index (κ1) is 12.9. The molecular formula is C14H16ClN3. The fourth-order valence-corrected chi connectivity index (χ4v) is 2.38. The van der Waals surface area contributed by atoms with Crippen molar-refractivity contribution in [3.63, 3.8) is 0 Å². The number of fused-ring (bicyclic) bond motifs is 1. The normalized spacial score (nSPS) is 10.7. The van der Waals surface area contributed by atoms with Crippen LogP contribution in [0.2, 0.25) is 5.02 Å². The molecule has 1 aromatic heterocycles. The maximum absolute atomic E-state index is 8.59. The molecule has 0 atom stereocenters. The summed E-state index contributed by atoms with van der Waals surface area (Å²) in [6, 6.07) is 8.10. The Labute approximate surface area is 112 Å². The third-order valence-electron chi connectivity index (χ3n) is 3.03. The minimum atomic E-state index is 0.576. The Bertz CT molecular complexity index is 580. The van der Waals surface area contributed by atoms with Crippen LogP contribution in [0.5, 0.6) is 0 Å². The molecule has 0 unspecified atom stereocenters. The number of aromatic nitrogens is 1. The van der Waals surface area contributed by atoms with E-state index in [1.54, 1.807) is 0 Å². The van der Waals surface area contributed by atoms with Crippen LogP contribution in [0, 0.1) is 11.3 Å². The smallest absolute Gasteiger partial charge is 0.0622 e. The van der Waals surface area contributed by atoms with Crippen LogP contribution >= 0.6 is 11.6 Å². The highest BCUT2D eigenvalue weighted by Gasteiger charge is 2.08. The summed E-state index contributed by atoms with van der Waals surface area (Å²) in [5, 5.41) is 10.5. The van der Waals surface area contributed by atoms with Gasteiger partial charge in [-0.15, -0.1) is 0 Å². The molecule has 94 valence electrons. The van der Waals surface area contributed by atoms with Crippen molar-refractivity contribution in [2.24, 2.45) is 5.73 Å². The van der Waals surface area contributed by atoms with Crippen LogP contribution in [0.25, 0.3) is 10.9 Å². The quantitative estimate of drug-likeness (QED) is 0.841. The molecule has 0 saturated heterocycles. The molecule has 4 heteroatoms. The molecule has 0 aliphatic rings. The zero-order valence-electron chi connectivity index (χ0n) is 10.2. The van der Waals surface area contributed by atoms with Crippen LogP contribution in [0.4, 0.5) is 0 Å². The van der Waals surface area contributed by atoms with Crippen molar-refractivity contribution in [2.45, 2.75) is 25.8 Å². The summed E-state index contributed by atoms with van der Waals surface area (Å²) >= 11 is 6.05. The van der Waals surface area contributed by atoms with Crippen molar-refractivity contribution >= 4 is 22.5 Å². The summed E-state index contributed by atoms with van der Waals surface area (Å²) in [5.41, 5.74) is 8.01. The van der Waals surface area contributed by atoms with Crippen molar-refractivity contribution in [2.75, 3.05) is 6.54 Å². The highest BCUT2D eigenvalue weighted by atomic mass is 35.5. The Hall–Kier alpha value is -1.50. The van der Waals surface area contributed by atoms with Crippen LogP contribution in [0.1, 0.15) is 18.4 Å². The third-order valence-corrected chi connectivity index (χ3v) is 3.26. The summed E-state index contributed by atoms with van der Waals surface area (Å²) in [7, 11) is 0. The van der Waals surface area contributed by atoms with Crippen LogP contribution in [-0.4, -0.2) is 11.1 Å². The van der Waals surface area contributed by atoms with E-state index in [-0.39, 0.29) is 0 Å². The van der Waals surface area contributed by atoms with Gasteiger partial charge in [-0.3, -0.25) is 0 Å². The molecule has 2 aromatic rings. The summed E-state index contributed by atoms with van der Waals surface area (Å²) in [4.78, 5) is 0. The van der Waals surface area contributed by atoms with Gasteiger partial charge in [-0.1, -0.05) is 17.7 Å². The van der Waals surface area contributed by atoms with E-state index in [9.17, 15) is 0 Å². The Balaban J connectivity index is 2.38.